The van der Waals surface area contributed by atoms with Gasteiger partial charge in [-0.1, -0.05) is 76.6 Å². The van der Waals surface area contributed by atoms with E-state index in [4.69, 9.17) is 4.74 Å². The van der Waals surface area contributed by atoms with Gasteiger partial charge < -0.3 is 19.6 Å². The second kappa shape index (κ2) is 14.3. The summed E-state index contributed by atoms with van der Waals surface area (Å²) in [6.07, 6.45) is 6.90. The predicted molar refractivity (Wildman–Crippen MR) is 184 cm³/mol. The highest BCUT2D eigenvalue weighted by molar-refractivity contribution is 9.09. The zero-order valence-corrected chi connectivity index (χ0v) is 28.5. The Morgan fingerprint density at radius 2 is 1.84 bits per heavy atom. The number of unbranched alkanes of at least 4 members (excludes halogenated alkanes) is 2. The van der Waals surface area contributed by atoms with E-state index < -0.39 is 28.7 Å². The van der Waals surface area contributed by atoms with Crippen LogP contribution in [0.3, 0.4) is 0 Å². The minimum Gasteiger partial charge on any atom is -0.465 e. The Labute approximate surface area is 279 Å². The minimum atomic E-state index is -0.893. The normalized spacial score (nSPS) is 27.2. The summed E-state index contributed by atoms with van der Waals surface area (Å²) >= 11 is 5.42. The molecule has 45 heavy (non-hydrogen) atoms. The average molecular weight is 696 g/mol. The lowest BCUT2D eigenvalue weighted by Gasteiger charge is -2.40. The molecule has 7 nitrogen and oxygen atoms in total. The Bertz CT molecular complexity index is 1420. The summed E-state index contributed by atoms with van der Waals surface area (Å²) in [6, 6.07) is 14.1. The van der Waals surface area contributed by atoms with Crippen LogP contribution in [0.4, 0.5) is 5.69 Å². The zero-order valence-electron chi connectivity index (χ0n) is 26.1. The zero-order chi connectivity index (χ0) is 32.3. The first-order chi connectivity index (χ1) is 21.7. The van der Waals surface area contributed by atoms with Gasteiger partial charge in [-0.25, -0.2) is 0 Å². The van der Waals surface area contributed by atoms with E-state index in [-0.39, 0.29) is 47.6 Å². The van der Waals surface area contributed by atoms with Gasteiger partial charge in [0.15, 0.2) is 0 Å². The van der Waals surface area contributed by atoms with Gasteiger partial charge in [-0.3, -0.25) is 14.4 Å². The van der Waals surface area contributed by atoms with Crippen LogP contribution in [-0.4, -0.2) is 74.5 Å². The van der Waals surface area contributed by atoms with E-state index in [0.29, 0.717) is 19.3 Å². The van der Waals surface area contributed by atoms with Crippen LogP contribution in [0.2, 0.25) is 0 Å². The predicted octanol–water partition coefficient (Wildman–Crippen LogP) is 5.79. The summed E-state index contributed by atoms with van der Waals surface area (Å²) in [4.78, 5) is 46.9. The molecular weight excluding hydrogens is 652 g/mol. The van der Waals surface area contributed by atoms with Gasteiger partial charge in [-0.05, 0) is 62.6 Å². The number of aliphatic hydroxyl groups excluding tert-OH is 1. The monoisotopic (exact) mass is 694 g/mol. The van der Waals surface area contributed by atoms with Crippen molar-refractivity contribution < 1.29 is 24.2 Å². The first kappa shape index (κ1) is 33.5. The number of nitrogens with zero attached hydrogens (tertiary/aromatic N) is 2. The summed E-state index contributed by atoms with van der Waals surface area (Å²) < 4.78 is 4.93. The fourth-order valence-electron chi connectivity index (χ4n) is 7.61. The smallest absolute Gasteiger partial charge is 0.310 e. The van der Waals surface area contributed by atoms with Gasteiger partial charge in [-0.2, -0.15) is 0 Å². The fourth-order valence-corrected chi connectivity index (χ4v) is 11.2. The molecule has 2 amide bonds. The molecule has 3 saturated heterocycles. The highest BCUT2D eigenvalue weighted by Crippen LogP contribution is 2.68. The molecule has 3 unspecified atom stereocenters. The number of carbonyl (C=O) groups excluding carboxylic acids is 3. The molecule has 2 aromatic rings. The molecule has 2 aromatic carbocycles. The van der Waals surface area contributed by atoms with E-state index in [0.717, 1.165) is 35.2 Å². The molecule has 5 rings (SSSR count). The number of allylic oxidation sites excluding steroid dienone is 1. The number of likely N-dealkylation sites (tertiary alicyclic amines) is 1. The number of thioether (sulfide) groups is 1. The molecule has 7 atom stereocenters. The minimum absolute atomic E-state index is 0.0742. The number of hydrogen-bond acceptors (Lipinski definition) is 6. The summed E-state index contributed by atoms with van der Waals surface area (Å²) in [7, 11) is 0. The number of alkyl halides is 1. The number of amides is 2. The van der Waals surface area contributed by atoms with Gasteiger partial charge in [0.1, 0.15) is 6.04 Å². The molecule has 0 saturated carbocycles. The van der Waals surface area contributed by atoms with E-state index in [1.807, 2.05) is 68.5 Å². The number of para-hydroxylation sites is 1. The Kier molecular flexibility index (Phi) is 10.6. The number of aliphatic hydroxyl groups is 1. The molecule has 3 fully saturated rings. The standard InChI is InChI=1S/C36H43BrN2O5S/c1-5-7-8-12-19-44-35(43)28-29-33(41)39(26(22-40)20-25-16-10-9-11-17-25)32(36(29)21-27(37)31(28)45-36)34(42)38(18-6-2)30-23(3)14-13-15-24(30)4/h5-6,9-11,13-17,26-29,31-32,40H,1-2,7-8,12,18-22H2,3-4H3/t26-,27?,28-,29+,31-,32?,36?/m1/s1. The largest absolute Gasteiger partial charge is 0.465 e. The van der Waals surface area contributed by atoms with Gasteiger partial charge in [0, 0.05) is 22.3 Å². The maximum atomic E-state index is 15.1. The van der Waals surface area contributed by atoms with Crippen molar-refractivity contribution in [2.75, 3.05) is 24.7 Å². The fraction of sp³-hybridized carbons (Fsp3) is 0.472. The number of aryl methyl sites for hydroxylation is 2. The van der Waals surface area contributed by atoms with Crippen LogP contribution < -0.4 is 4.90 Å². The average Bonchev–Trinajstić information content (AvgIpc) is 3.62. The number of hydrogen-bond donors (Lipinski definition) is 1. The second-order valence-corrected chi connectivity index (χ2v) is 15.1. The molecule has 0 radical (unpaired) electrons. The van der Waals surface area contributed by atoms with E-state index in [9.17, 15) is 14.7 Å². The Balaban J connectivity index is 1.58. The molecule has 1 N–H and O–H groups in total. The van der Waals surface area contributed by atoms with Crippen molar-refractivity contribution in [1.82, 2.24) is 4.90 Å². The molecule has 0 aromatic heterocycles. The van der Waals surface area contributed by atoms with Gasteiger partial charge >= 0.3 is 5.97 Å². The number of benzene rings is 2. The van der Waals surface area contributed by atoms with E-state index in [2.05, 4.69) is 29.1 Å². The van der Waals surface area contributed by atoms with Crippen LogP contribution in [0, 0.1) is 25.7 Å². The number of halogens is 1. The highest BCUT2D eigenvalue weighted by Gasteiger charge is 2.76. The van der Waals surface area contributed by atoms with Crippen molar-refractivity contribution >= 4 is 51.2 Å². The Hall–Kier alpha value is -2.88. The molecule has 3 heterocycles. The van der Waals surface area contributed by atoms with Crippen molar-refractivity contribution in [1.29, 1.82) is 0 Å². The maximum absolute atomic E-state index is 15.1. The van der Waals surface area contributed by atoms with Crippen LogP contribution in [0.15, 0.2) is 73.8 Å². The summed E-state index contributed by atoms with van der Waals surface area (Å²) in [5, 5.41) is 10.6. The lowest BCUT2D eigenvalue weighted by atomic mass is 9.71. The van der Waals surface area contributed by atoms with Gasteiger partial charge in [0.05, 0.1) is 35.8 Å². The molecule has 2 bridgehead atoms. The first-order valence-corrected chi connectivity index (χ1v) is 17.5. The second-order valence-electron chi connectivity index (χ2n) is 12.4. The van der Waals surface area contributed by atoms with Crippen LogP contribution >= 0.6 is 27.7 Å². The van der Waals surface area contributed by atoms with Gasteiger partial charge in [0.25, 0.3) is 5.91 Å². The van der Waals surface area contributed by atoms with Crippen LogP contribution in [0.5, 0.6) is 0 Å². The number of esters is 1. The number of carbonyl (C=O) groups is 3. The lowest BCUT2D eigenvalue weighted by Crippen LogP contribution is -2.58. The topological polar surface area (TPSA) is 87.2 Å². The van der Waals surface area contributed by atoms with Crippen LogP contribution in [0.25, 0.3) is 0 Å². The van der Waals surface area contributed by atoms with E-state index in [1.165, 1.54) is 0 Å². The summed E-state index contributed by atoms with van der Waals surface area (Å²) in [6.45, 7) is 11.9. The molecule has 3 aliphatic rings. The van der Waals surface area contributed by atoms with Crippen molar-refractivity contribution in [3.63, 3.8) is 0 Å². The number of fused-ring (bicyclic) bond motifs is 1. The highest BCUT2D eigenvalue weighted by atomic mass is 79.9. The molecular formula is C36H43BrN2O5S. The molecule has 9 heteroatoms. The Morgan fingerprint density at radius 3 is 2.49 bits per heavy atom. The quantitative estimate of drug-likeness (QED) is 0.117. The van der Waals surface area contributed by atoms with Gasteiger partial charge in [-0.15, -0.1) is 24.9 Å². The molecule has 3 aliphatic heterocycles. The molecule has 0 aliphatic carbocycles. The van der Waals surface area contributed by atoms with Crippen LogP contribution in [0.1, 0.15) is 42.4 Å². The van der Waals surface area contributed by atoms with Crippen LogP contribution in [-0.2, 0) is 25.5 Å². The first-order valence-electron chi connectivity index (χ1n) is 15.7. The third-order valence-corrected chi connectivity index (χ3v) is 12.7. The van der Waals surface area contributed by atoms with E-state index in [1.54, 1.807) is 27.6 Å². The van der Waals surface area contributed by atoms with Crippen molar-refractivity contribution in [3.05, 3.63) is 90.5 Å². The number of anilines is 1. The molecule has 240 valence electrons. The number of rotatable bonds is 14. The maximum Gasteiger partial charge on any atom is 0.310 e. The summed E-state index contributed by atoms with van der Waals surface area (Å²) in [5.74, 6) is -2.29. The lowest BCUT2D eigenvalue weighted by molar-refractivity contribution is -0.154. The number of ether oxygens (including phenoxy) is 1. The van der Waals surface area contributed by atoms with Crippen molar-refractivity contribution in [3.8, 4) is 0 Å². The van der Waals surface area contributed by atoms with Crippen molar-refractivity contribution in [2.24, 2.45) is 11.8 Å². The molecule has 1 spiro atoms. The van der Waals surface area contributed by atoms with Gasteiger partial charge in [0.2, 0.25) is 5.91 Å². The third kappa shape index (κ3) is 6.15. The summed E-state index contributed by atoms with van der Waals surface area (Å²) in [5.41, 5.74) is 3.63. The SMILES string of the molecule is C=CCCCCOC(=O)[C@H]1[C@@H]2SC3(CC2Br)C(C(=O)N(CC=C)c2c(C)cccc2C)N([C@@H](CO)Cc2ccccc2)C(=O)[C@H]13. The third-order valence-electron chi connectivity index (χ3n) is 9.49. The van der Waals surface area contributed by atoms with Crippen molar-refractivity contribution in [2.45, 2.75) is 72.9 Å². The van der Waals surface area contributed by atoms with E-state index >= 15 is 4.79 Å². The Morgan fingerprint density at radius 1 is 1.13 bits per heavy atom.